The van der Waals surface area contributed by atoms with E-state index < -0.39 is 5.82 Å². The lowest BCUT2D eigenvalue weighted by Gasteiger charge is -2.27. The molecule has 0 bridgehead atoms. The Bertz CT molecular complexity index is 616. The molecule has 126 valence electrons. The Morgan fingerprint density at radius 2 is 1.83 bits per heavy atom. The van der Waals surface area contributed by atoms with Crippen molar-refractivity contribution in [3.63, 3.8) is 0 Å². The van der Waals surface area contributed by atoms with Gasteiger partial charge in [-0.15, -0.1) is 0 Å². The molecule has 5 nitrogen and oxygen atoms in total. The number of methoxy groups -OCH3 is 1. The van der Waals surface area contributed by atoms with Crippen LogP contribution in [-0.2, 0) is 9.59 Å². The van der Waals surface area contributed by atoms with E-state index in [0.29, 0.717) is 12.1 Å². The van der Waals surface area contributed by atoms with Crippen LogP contribution in [0, 0.1) is 17.7 Å². The Morgan fingerprint density at radius 1 is 1.22 bits per heavy atom. The molecule has 0 heterocycles. The van der Waals surface area contributed by atoms with Gasteiger partial charge in [0, 0.05) is 31.9 Å². The Kier molecular flexibility index (Phi) is 4.92. The van der Waals surface area contributed by atoms with E-state index in [0.717, 1.165) is 0 Å². The Balaban J connectivity index is 2.21. The van der Waals surface area contributed by atoms with Gasteiger partial charge in [0.05, 0.1) is 18.9 Å². The molecule has 0 aromatic heterocycles. The van der Waals surface area contributed by atoms with Crippen LogP contribution in [0.5, 0.6) is 5.75 Å². The summed E-state index contributed by atoms with van der Waals surface area (Å²) in [6.07, 6.45) is 0.553. The fourth-order valence-corrected chi connectivity index (χ4v) is 2.74. The second-order valence-electron chi connectivity index (χ2n) is 6.30. The van der Waals surface area contributed by atoms with Gasteiger partial charge in [-0.25, -0.2) is 4.39 Å². The average molecular weight is 322 g/mol. The highest BCUT2D eigenvalue weighted by Gasteiger charge is 2.50. The normalized spacial score (nSPS) is 19.4. The van der Waals surface area contributed by atoms with Gasteiger partial charge < -0.3 is 14.5 Å². The number of ether oxygens (including phenoxy) is 1. The maximum absolute atomic E-state index is 13.9. The van der Waals surface area contributed by atoms with Crippen molar-refractivity contribution >= 4 is 17.5 Å². The molecule has 0 radical (unpaired) electrons. The van der Waals surface area contributed by atoms with Crippen molar-refractivity contribution in [2.24, 2.45) is 11.8 Å². The third-order valence-electron chi connectivity index (χ3n) is 4.03. The Morgan fingerprint density at radius 3 is 2.30 bits per heavy atom. The van der Waals surface area contributed by atoms with Crippen molar-refractivity contribution in [1.82, 2.24) is 4.90 Å². The van der Waals surface area contributed by atoms with Gasteiger partial charge in [-0.3, -0.25) is 9.59 Å². The molecular weight excluding hydrogens is 299 g/mol. The van der Waals surface area contributed by atoms with Crippen LogP contribution in [0.2, 0.25) is 0 Å². The molecule has 2 atom stereocenters. The summed E-state index contributed by atoms with van der Waals surface area (Å²) < 4.78 is 18.8. The smallest absolute Gasteiger partial charge is 0.231 e. The highest BCUT2D eigenvalue weighted by molar-refractivity contribution is 6.01. The van der Waals surface area contributed by atoms with Gasteiger partial charge in [-0.05, 0) is 32.4 Å². The molecule has 0 unspecified atom stereocenters. The van der Waals surface area contributed by atoms with E-state index in [9.17, 15) is 14.0 Å². The number of halogens is 1. The Labute approximate surface area is 136 Å². The van der Waals surface area contributed by atoms with Gasteiger partial charge in [-0.1, -0.05) is 0 Å². The molecule has 6 heteroatoms. The molecule has 1 fully saturated rings. The van der Waals surface area contributed by atoms with Crippen molar-refractivity contribution in [1.29, 1.82) is 0 Å². The largest absolute Gasteiger partial charge is 0.494 e. The Hall–Kier alpha value is -2.11. The number of carbonyl (C=O) groups excluding carboxylic acids is 2. The zero-order chi connectivity index (χ0) is 17.3. The van der Waals surface area contributed by atoms with Gasteiger partial charge in [0.2, 0.25) is 11.8 Å². The average Bonchev–Trinajstić information content (AvgIpc) is 3.26. The SMILES string of the molecule is COc1ccc(N(C(=O)[C@H]2C[C@H]2C(=O)N(C)C)C(C)C)cc1F. The zero-order valence-electron chi connectivity index (χ0n) is 14.2. The number of hydrogen-bond acceptors (Lipinski definition) is 3. The van der Waals surface area contributed by atoms with Gasteiger partial charge in [0.15, 0.2) is 11.6 Å². The summed E-state index contributed by atoms with van der Waals surface area (Å²) >= 11 is 0. The molecule has 2 rings (SSSR count). The van der Waals surface area contributed by atoms with Gasteiger partial charge in [-0.2, -0.15) is 0 Å². The summed E-state index contributed by atoms with van der Waals surface area (Å²) in [6.45, 7) is 3.73. The minimum absolute atomic E-state index is 0.0343. The van der Waals surface area contributed by atoms with Crippen molar-refractivity contribution in [3.05, 3.63) is 24.0 Å². The molecule has 1 aliphatic rings. The summed E-state index contributed by atoms with van der Waals surface area (Å²) in [7, 11) is 4.76. The van der Waals surface area contributed by atoms with E-state index in [1.54, 1.807) is 25.1 Å². The first-order valence-corrected chi connectivity index (χ1v) is 7.65. The molecule has 0 saturated heterocycles. The number of hydrogen-bond donors (Lipinski definition) is 0. The maximum atomic E-state index is 13.9. The van der Waals surface area contributed by atoms with E-state index in [1.807, 2.05) is 13.8 Å². The van der Waals surface area contributed by atoms with Gasteiger partial charge >= 0.3 is 0 Å². The molecule has 1 aromatic rings. The van der Waals surface area contributed by atoms with Crippen LogP contribution < -0.4 is 9.64 Å². The molecule has 0 N–H and O–H groups in total. The molecule has 23 heavy (non-hydrogen) atoms. The first-order valence-electron chi connectivity index (χ1n) is 7.65. The zero-order valence-corrected chi connectivity index (χ0v) is 14.2. The lowest BCUT2D eigenvalue weighted by Crippen LogP contribution is -2.39. The summed E-state index contributed by atoms with van der Waals surface area (Å²) in [5.41, 5.74) is 0.478. The van der Waals surface area contributed by atoms with Gasteiger partial charge in [0.1, 0.15) is 0 Å². The first kappa shape index (κ1) is 17.2. The molecule has 1 saturated carbocycles. The van der Waals surface area contributed by atoms with Crippen molar-refractivity contribution in [2.75, 3.05) is 26.1 Å². The monoisotopic (exact) mass is 322 g/mol. The van der Waals surface area contributed by atoms with E-state index in [-0.39, 0.29) is 35.4 Å². The third kappa shape index (κ3) is 3.46. The van der Waals surface area contributed by atoms with Crippen molar-refractivity contribution < 1.29 is 18.7 Å². The van der Waals surface area contributed by atoms with Crippen LogP contribution in [0.15, 0.2) is 18.2 Å². The molecule has 1 aromatic carbocycles. The summed E-state index contributed by atoms with van der Waals surface area (Å²) in [4.78, 5) is 27.8. The van der Waals surface area contributed by atoms with Crippen LogP contribution in [0.25, 0.3) is 0 Å². The number of anilines is 1. The lowest BCUT2D eigenvalue weighted by atomic mass is 10.1. The maximum Gasteiger partial charge on any atom is 0.231 e. The standard InChI is InChI=1S/C17H23FN2O3/c1-10(2)20(11-6-7-15(23-5)14(18)8-11)17(22)13-9-12(13)16(21)19(3)4/h6-8,10,12-13H,9H2,1-5H3/t12-,13+/m1/s1. The third-order valence-corrected chi connectivity index (χ3v) is 4.03. The fourth-order valence-electron chi connectivity index (χ4n) is 2.74. The van der Waals surface area contributed by atoms with Crippen LogP contribution in [0.1, 0.15) is 20.3 Å². The fraction of sp³-hybridized carbons (Fsp3) is 0.529. The van der Waals surface area contributed by atoms with Crippen LogP contribution in [0.4, 0.5) is 10.1 Å². The second kappa shape index (κ2) is 6.56. The second-order valence-corrected chi connectivity index (χ2v) is 6.30. The topological polar surface area (TPSA) is 49.9 Å². The van der Waals surface area contributed by atoms with E-state index >= 15 is 0 Å². The number of nitrogens with zero attached hydrogens (tertiary/aromatic N) is 2. The quantitative estimate of drug-likeness (QED) is 0.836. The van der Waals surface area contributed by atoms with E-state index in [4.69, 9.17) is 4.74 Å². The number of amides is 2. The molecule has 2 amide bonds. The lowest BCUT2D eigenvalue weighted by molar-refractivity contribution is -0.132. The summed E-state index contributed by atoms with van der Waals surface area (Å²) in [5.74, 6) is -1.13. The summed E-state index contributed by atoms with van der Waals surface area (Å²) in [5, 5.41) is 0. The number of rotatable bonds is 5. The molecule has 0 spiro atoms. The van der Waals surface area contributed by atoms with Crippen LogP contribution in [0.3, 0.4) is 0 Å². The van der Waals surface area contributed by atoms with Crippen LogP contribution in [-0.4, -0.2) is 44.0 Å². The predicted octanol–water partition coefficient (Wildman–Crippen LogP) is 2.30. The minimum atomic E-state index is -0.514. The number of benzene rings is 1. The first-order chi connectivity index (χ1) is 10.8. The van der Waals surface area contributed by atoms with Gasteiger partial charge in [0.25, 0.3) is 0 Å². The van der Waals surface area contributed by atoms with Crippen LogP contribution >= 0.6 is 0 Å². The van der Waals surface area contributed by atoms with Crippen molar-refractivity contribution in [3.8, 4) is 5.75 Å². The highest BCUT2D eigenvalue weighted by Crippen LogP contribution is 2.42. The van der Waals surface area contributed by atoms with E-state index in [1.165, 1.54) is 24.1 Å². The van der Waals surface area contributed by atoms with Crippen molar-refractivity contribution in [2.45, 2.75) is 26.3 Å². The van der Waals surface area contributed by atoms with E-state index in [2.05, 4.69) is 0 Å². The predicted molar refractivity (Wildman–Crippen MR) is 85.9 cm³/mol. The molecule has 1 aliphatic carbocycles. The summed E-state index contributed by atoms with van der Waals surface area (Å²) in [6, 6.07) is 4.32. The minimum Gasteiger partial charge on any atom is -0.494 e. The molecule has 0 aliphatic heterocycles. The molecular formula is C17H23FN2O3. The number of carbonyl (C=O) groups is 2. The highest BCUT2D eigenvalue weighted by atomic mass is 19.1.